The Balaban J connectivity index is 1.68. The summed E-state index contributed by atoms with van der Waals surface area (Å²) < 4.78 is 5.35. The number of carbonyl (C=O) groups is 3. The lowest BCUT2D eigenvalue weighted by Gasteiger charge is -2.35. The van der Waals surface area contributed by atoms with Crippen molar-refractivity contribution in [2.75, 3.05) is 13.2 Å². The monoisotopic (exact) mass is 482 g/mol. The summed E-state index contributed by atoms with van der Waals surface area (Å²) in [5.74, 6) is -2.78. The van der Waals surface area contributed by atoms with Crippen molar-refractivity contribution < 1.29 is 24.2 Å². The van der Waals surface area contributed by atoms with Gasteiger partial charge in [-0.25, -0.2) is 0 Å². The molecular formula is C28H38N2O5. The fourth-order valence-corrected chi connectivity index (χ4v) is 6.20. The average Bonchev–Trinajstić information content (AvgIpc) is 3.16. The van der Waals surface area contributed by atoms with Gasteiger partial charge >= 0.3 is 5.97 Å². The van der Waals surface area contributed by atoms with E-state index >= 15 is 0 Å². The van der Waals surface area contributed by atoms with Gasteiger partial charge in [-0.05, 0) is 37.7 Å². The van der Waals surface area contributed by atoms with Crippen molar-refractivity contribution in [3.63, 3.8) is 0 Å². The number of carbonyl (C=O) groups excluding carboxylic acids is 3. The van der Waals surface area contributed by atoms with E-state index in [1.807, 2.05) is 49.4 Å². The highest BCUT2D eigenvalue weighted by molar-refractivity contribution is 5.96. The van der Waals surface area contributed by atoms with E-state index in [1.165, 1.54) is 6.42 Å². The molecular weight excluding hydrogens is 444 g/mol. The van der Waals surface area contributed by atoms with Gasteiger partial charge in [0.15, 0.2) is 0 Å². The van der Waals surface area contributed by atoms with Crippen LogP contribution in [0.5, 0.6) is 0 Å². The summed E-state index contributed by atoms with van der Waals surface area (Å²) in [6.45, 7) is 3.63. The second kappa shape index (κ2) is 11.4. The number of amides is 2. The lowest BCUT2D eigenvalue weighted by Crippen LogP contribution is -2.54. The average molecular weight is 483 g/mol. The molecule has 0 aromatic heterocycles. The van der Waals surface area contributed by atoms with Crippen molar-refractivity contribution in [1.29, 1.82) is 0 Å². The smallest absolute Gasteiger partial charge is 0.310 e. The minimum absolute atomic E-state index is 0.0984. The molecule has 7 nitrogen and oxygen atoms in total. The Kier molecular flexibility index (Phi) is 8.26. The molecule has 1 aromatic rings. The number of esters is 1. The highest BCUT2D eigenvalue weighted by atomic mass is 16.5. The number of aliphatic hydroxyl groups excluding tert-OH is 1. The SMILES string of the molecule is CCOC(=O)[C@H]1[C@@H]2C(=O)N([C@@H](CO)Cc3ccccc3)[C@H](C(=O)NC3CCCCC3)[C@H]2C=C[C@H]1C. The van der Waals surface area contributed by atoms with Crippen LogP contribution in [0.4, 0.5) is 0 Å². The van der Waals surface area contributed by atoms with E-state index in [-0.39, 0.29) is 37.0 Å². The van der Waals surface area contributed by atoms with Crippen LogP contribution < -0.4 is 5.32 Å². The van der Waals surface area contributed by atoms with Crippen LogP contribution in [-0.4, -0.2) is 59.1 Å². The molecule has 1 aliphatic heterocycles. The summed E-state index contributed by atoms with van der Waals surface area (Å²) in [5, 5.41) is 13.6. The number of likely N-dealkylation sites (tertiary alicyclic amines) is 1. The third kappa shape index (κ3) is 5.30. The van der Waals surface area contributed by atoms with Gasteiger partial charge in [-0.15, -0.1) is 0 Å². The van der Waals surface area contributed by atoms with Crippen LogP contribution in [0.15, 0.2) is 42.5 Å². The summed E-state index contributed by atoms with van der Waals surface area (Å²) >= 11 is 0. The molecule has 3 aliphatic rings. The van der Waals surface area contributed by atoms with E-state index in [2.05, 4.69) is 5.32 Å². The number of aliphatic hydroxyl groups is 1. The highest BCUT2D eigenvalue weighted by Gasteiger charge is 2.58. The van der Waals surface area contributed by atoms with Crippen molar-refractivity contribution in [1.82, 2.24) is 10.2 Å². The van der Waals surface area contributed by atoms with Crippen LogP contribution in [0.1, 0.15) is 51.5 Å². The van der Waals surface area contributed by atoms with Crippen molar-refractivity contribution in [3.05, 3.63) is 48.0 Å². The summed E-state index contributed by atoms with van der Waals surface area (Å²) in [6.07, 6.45) is 9.52. The molecule has 35 heavy (non-hydrogen) atoms. The second-order valence-corrected chi connectivity index (χ2v) is 10.2. The minimum Gasteiger partial charge on any atom is -0.466 e. The molecule has 0 unspecified atom stereocenters. The molecule has 0 spiro atoms. The molecule has 1 heterocycles. The number of hydrogen-bond donors (Lipinski definition) is 2. The van der Waals surface area contributed by atoms with E-state index in [0.29, 0.717) is 6.42 Å². The number of rotatable bonds is 8. The molecule has 2 N–H and O–H groups in total. The predicted molar refractivity (Wildman–Crippen MR) is 132 cm³/mol. The number of hydrogen-bond acceptors (Lipinski definition) is 5. The molecule has 2 amide bonds. The Labute approximate surface area is 207 Å². The van der Waals surface area contributed by atoms with Gasteiger partial charge in [0.2, 0.25) is 11.8 Å². The second-order valence-electron chi connectivity index (χ2n) is 10.2. The first-order valence-electron chi connectivity index (χ1n) is 13.1. The number of nitrogens with one attached hydrogen (secondary N) is 1. The predicted octanol–water partition coefficient (Wildman–Crippen LogP) is 2.87. The molecule has 1 saturated heterocycles. The molecule has 2 aliphatic carbocycles. The summed E-state index contributed by atoms with van der Waals surface area (Å²) in [4.78, 5) is 42.3. The quantitative estimate of drug-likeness (QED) is 0.439. The van der Waals surface area contributed by atoms with E-state index in [0.717, 1.165) is 31.2 Å². The zero-order valence-corrected chi connectivity index (χ0v) is 20.8. The first kappa shape index (κ1) is 25.4. The zero-order chi connectivity index (χ0) is 24.9. The minimum atomic E-state index is -0.768. The maximum Gasteiger partial charge on any atom is 0.310 e. The Bertz CT molecular complexity index is 927. The van der Waals surface area contributed by atoms with Crippen LogP contribution in [0.25, 0.3) is 0 Å². The molecule has 1 saturated carbocycles. The highest BCUT2D eigenvalue weighted by Crippen LogP contribution is 2.45. The first-order valence-corrected chi connectivity index (χ1v) is 13.1. The van der Waals surface area contributed by atoms with Crippen molar-refractivity contribution in [2.24, 2.45) is 23.7 Å². The van der Waals surface area contributed by atoms with Gasteiger partial charge < -0.3 is 20.1 Å². The molecule has 6 atom stereocenters. The fourth-order valence-electron chi connectivity index (χ4n) is 6.20. The van der Waals surface area contributed by atoms with Gasteiger partial charge in [-0.1, -0.05) is 68.7 Å². The molecule has 7 heteroatoms. The number of benzene rings is 1. The molecule has 0 bridgehead atoms. The zero-order valence-electron chi connectivity index (χ0n) is 20.8. The van der Waals surface area contributed by atoms with Crippen LogP contribution in [0.2, 0.25) is 0 Å². The summed E-state index contributed by atoms with van der Waals surface area (Å²) in [5.41, 5.74) is 0.978. The Morgan fingerprint density at radius 3 is 2.51 bits per heavy atom. The largest absolute Gasteiger partial charge is 0.466 e. The van der Waals surface area contributed by atoms with Gasteiger partial charge in [-0.2, -0.15) is 0 Å². The number of fused-ring (bicyclic) bond motifs is 1. The molecule has 4 rings (SSSR count). The van der Waals surface area contributed by atoms with E-state index in [9.17, 15) is 19.5 Å². The number of ether oxygens (including phenoxy) is 1. The summed E-state index contributed by atoms with van der Waals surface area (Å²) in [7, 11) is 0. The lowest BCUT2D eigenvalue weighted by molar-refractivity contribution is -0.155. The molecule has 1 aromatic carbocycles. The Morgan fingerprint density at radius 2 is 1.86 bits per heavy atom. The van der Waals surface area contributed by atoms with Crippen LogP contribution >= 0.6 is 0 Å². The van der Waals surface area contributed by atoms with Gasteiger partial charge in [0.25, 0.3) is 0 Å². The third-order valence-corrected chi connectivity index (χ3v) is 7.91. The first-order chi connectivity index (χ1) is 17.0. The summed E-state index contributed by atoms with van der Waals surface area (Å²) in [6, 6.07) is 8.44. The van der Waals surface area contributed by atoms with Crippen molar-refractivity contribution in [3.8, 4) is 0 Å². The van der Waals surface area contributed by atoms with E-state index < -0.39 is 35.8 Å². The standard InChI is InChI=1S/C28H38N2O5/c1-3-35-28(34)23-18(2)14-15-22-24(23)27(33)30(21(17-31)16-19-10-6-4-7-11-19)25(22)26(32)29-20-12-8-5-9-13-20/h4,6-7,10-11,14-15,18,20-25,31H,3,5,8-9,12-13,16-17H2,1-2H3,(H,29,32)/t18-,21-,22+,23-,24-,25+/m1/s1. The third-order valence-electron chi connectivity index (χ3n) is 7.91. The molecule has 190 valence electrons. The van der Waals surface area contributed by atoms with E-state index in [1.54, 1.807) is 11.8 Å². The maximum atomic E-state index is 14.0. The topological polar surface area (TPSA) is 95.9 Å². The Morgan fingerprint density at radius 1 is 1.14 bits per heavy atom. The van der Waals surface area contributed by atoms with Crippen molar-refractivity contribution >= 4 is 17.8 Å². The molecule has 0 radical (unpaired) electrons. The Hall–Kier alpha value is -2.67. The molecule has 2 fully saturated rings. The number of allylic oxidation sites excluding steroid dienone is 1. The van der Waals surface area contributed by atoms with Gasteiger partial charge in [0.1, 0.15) is 6.04 Å². The van der Waals surface area contributed by atoms with Gasteiger partial charge in [0, 0.05) is 12.0 Å². The lowest BCUT2D eigenvalue weighted by atomic mass is 9.70. The normalized spacial score (nSPS) is 29.5. The van der Waals surface area contributed by atoms with E-state index in [4.69, 9.17) is 4.74 Å². The van der Waals surface area contributed by atoms with Crippen LogP contribution in [-0.2, 0) is 25.5 Å². The van der Waals surface area contributed by atoms with Crippen LogP contribution in [0.3, 0.4) is 0 Å². The van der Waals surface area contributed by atoms with Gasteiger partial charge in [-0.3, -0.25) is 14.4 Å². The number of nitrogens with zero attached hydrogens (tertiary/aromatic N) is 1. The van der Waals surface area contributed by atoms with Crippen molar-refractivity contribution in [2.45, 2.75) is 70.5 Å². The fraction of sp³-hybridized carbons (Fsp3) is 0.607. The van der Waals surface area contributed by atoms with Crippen LogP contribution in [0, 0.1) is 23.7 Å². The maximum absolute atomic E-state index is 14.0. The van der Waals surface area contributed by atoms with Gasteiger partial charge in [0.05, 0.1) is 31.1 Å².